The quantitative estimate of drug-likeness (QED) is 0.694. The maximum Gasteiger partial charge on any atom is 0.229 e. The van der Waals surface area contributed by atoms with Crippen LogP contribution in [-0.2, 0) is 24.2 Å². The third kappa shape index (κ3) is 4.01. The second-order valence-corrected chi connectivity index (χ2v) is 8.69. The summed E-state index contributed by atoms with van der Waals surface area (Å²) in [5.41, 5.74) is 3.93. The van der Waals surface area contributed by atoms with E-state index in [1.54, 1.807) is 6.33 Å². The van der Waals surface area contributed by atoms with Gasteiger partial charge in [-0.3, -0.25) is 4.79 Å². The lowest BCUT2D eigenvalue weighted by atomic mass is 9.97. The fourth-order valence-corrected chi connectivity index (χ4v) is 4.85. The zero-order chi connectivity index (χ0) is 21.2. The SMILES string of the molecule is CCc1cccc(NC(=O)[C@H]2CCCN(c3ncnc4c3nc3n4CCCCC3)C2)c1. The lowest BCUT2D eigenvalue weighted by Crippen LogP contribution is -2.41. The number of fused-ring (bicyclic) bond motifs is 3. The molecule has 4 heterocycles. The maximum atomic E-state index is 13.0. The molecular formula is C24H30N6O. The van der Waals surface area contributed by atoms with E-state index in [0.717, 1.165) is 67.3 Å². The first kappa shape index (κ1) is 20.0. The van der Waals surface area contributed by atoms with Crippen molar-refractivity contribution in [1.82, 2.24) is 19.5 Å². The first-order valence-electron chi connectivity index (χ1n) is 11.6. The van der Waals surface area contributed by atoms with Crippen LogP contribution in [0.4, 0.5) is 11.5 Å². The molecule has 0 aliphatic carbocycles. The minimum absolute atomic E-state index is 0.0653. The van der Waals surface area contributed by atoms with Gasteiger partial charge >= 0.3 is 0 Å². The molecule has 1 aromatic carbocycles. The Kier molecular flexibility index (Phi) is 5.57. The van der Waals surface area contributed by atoms with E-state index in [2.05, 4.69) is 43.8 Å². The minimum Gasteiger partial charge on any atom is -0.354 e. The summed E-state index contributed by atoms with van der Waals surface area (Å²) in [6.45, 7) is 4.65. The lowest BCUT2D eigenvalue weighted by molar-refractivity contribution is -0.120. The number of carbonyl (C=O) groups is 1. The molecule has 0 unspecified atom stereocenters. The number of imidazole rings is 1. The Morgan fingerprint density at radius 2 is 2.10 bits per heavy atom. The summed E-state index contributed by atoms with van der Waals surface area (Å²) in [6.07, 6.45) is 9.05. The third-order valence-electron chi connectivity index (χ3n) is 6.57. The van der Waals surface area contributed by atoms with Gasteiger partial charge < -0.3 is 14.8 Å². The first-order chi connectivity index (χ1) is 15.2. The first-order valence-corrected chi connectivity index (χ1v) is 11.6. The van der Waals surface area contributed by atoms with Crippen LogP contribution in [0.5, 0.6) is 0 Å². The third-order valence-corrected chi connectivity index (χ3v) is 6.57. The average Bonchev–Trinajstić information content (AvgIpc) is 3.00. The van der Waals surface area contributed by atoms with E-state index in [-0.39, 0.29) is 11.8 Å². The van der Waals surface area contributed by atoms with Crippen LogP contribution in [0.15, 0.2) is 30.6 Å². The molecule has 1 saturated heterocycles. The molecule has 7 nitrogen and oxygen atoms in total. The Hall–Kier alpha value is -2.96. The predicted molar refractivity (Wildman–Crippen MR) is 122 cm³/mol. The molecule has 1 amide bonds. The summed E-state index contributed by atoms with van der Waals surface area (Å²) in [5, 5.41) is 3.12. The highest BCUT2D eigenvalue weighted by atomic mass is 16.1. The van der Waals surface area contributed by atoms with Crippen LogP contribution in [-0.4, -0.2) is 38.5 Å². The zero-order valence-electron chi connectivity index (χ0n) is 18.2. The van der Waals surface area contributed by atoms with Crippen LogP contribution < -0.4 is 10.2 Å². The van der Waals surface area contributed by atoms with E-state index in [0.29, 0.717) is 6.54 Å². The fraction of sp³-hybridized carbons (Fsp3) is 0.500. The van der Waals surface area contributed by atoms with Crippen molar-refractivity contribution < 1.29 is 4.79 Å². The van der Waals surface area contributed by atoms with Gasteiger partial charge in [0.1, 0.15) is 12.2 Å². The van der Waals surface area contributed by atoms with Gasteiger partial charge in [-0.05, 0) is 49.8 Å². The number of aromatic nitrogens is 4. The molecule has 0 bridgehead atoms. The van der Waals surface area contributed by atoms with Crippen molar-refractivity contribution in [3.63, 3.8) is 0 Å². The van der Waals surface area contributed by atoms with Crippen LogP contribution in [0.1, 0.15) is 50.4 Å². The van der Waals surface area contributed by atoms with Crippen molar-refractivity contribution in [2.45, 2.75) is 58.4 Å². The van der Waals surface area contributed by atoms with Crippen molar-refractivity contribution in [2.24, 2.45) is 5.92 Å². The molecular weight excluding hydrogens is 388 g/mol. The number of rotatable bonds is 4. The number of nitrogens with zero attached hydrogens (tertiary/aromatic N) is 5. The van der Waals surface area contributed by atoms with Crippen LogP contribution >= 0.6 is 0 Å². The van der Waals surface area contributed by atoms with Crippen LogP contribution in [0.25, 0.3) is 11.2 Å². The normalized spacial score (nSPS) is 19.1. The van der Waals surface area contributed by atoms with E-state index in [9.17, 15) is 4.79 Å². The molecule has 7 heteroatoms. The zero-order valence-corrected chi connectivity index (χ0v) is 18.2. The second-order valence-electron chi connectivity index (χ2n) is 8.69. The summed E-state index contributed by atoms with van der Waals surface area (Å²) < 4.78 is 2.27. The van der Waals surface area contributed by atoms with Gasteiger partial charge in [-0.15, -0.1) is 0 Å². The molecule has 0 radical (unpaired) electrons. The number of nitrogens with one attached hydrogen (secondary N) is 1. The van der Waals surface area contributed by atoms with E-state index in [1.807, 2.05) is 12.1 Å². The van der Waals surface area contributed by atoms with Gasteiger partial charge in [0, 0.05) is 31.7 Å². The van der Waals surface area contributed by atoms with Crippen molar-refractivity contribution >= 4 is 28.6 Å². The number of aryl methyl sites for hydroxylation is 3. The molecule has 2 aliphatic heterocycles. The maximum absolute atomic E-state index is 13.0. The highest BCUT2D eigenvalue weighted by Gasteiger charge is 2.29. The highest BCUT2D eigenvalue weighted by molar-refractivity contribution is 5.93. The van der Waals surface area contributed by atoms with Crippen molar-refractivity contribution in [3.8, 4) is 0 Å². The number of hydrogen-bond acceptors (Lipinski definition) is 5. The molecule has 1 N–H and O–H groups in total. The molecule has 0 saturated carbocycles. The number of piperidine rings is 1. The van der Waals surface area contributed by atoms with Crippen molar-refractivity contribution in [1.29, 1.82) is 0 Å². The Labute approximate surface area is 182 Å². The number of benzene rings is 1. The van der Waals surface area contributed by atoms with Crippen LogP contribution in [0, 0.1) is 5.92 Å². The molecule has 1 fully saturated rings. The van der Waals surface area contributed by atoms with Gasteiger partial charge in [0.15, 0.2) is 17.0 Å². The number of anilines is 2. The van der Waals surface area contributed by atoms with Crippen LogP contribution in [0.3, 0.4) is 0 Å². The molecule has 2 aliphatic rings. The van der Waals surface area contributed by atoms with E-state index in [4.69, 9.17) is 4.98 Å². The molecule has 162 valence electrons. The molecule has 2 aromatic heterocycles. The minimum atomic E-state index is -0.0653. The Bertz CT molecular complexity index is 1090. The monoisotopic (exact) mass is 418 g/mol. The second kappa shape index (κ2) is 8.65. The predicted octanol–water partition coefficient (Wildman–Crippen LogP) is 3.97. The Morgan fingerprint density at radius 1 is 1.16 bits per heavy atom. The molecule has 3 aromatic rings. The van der Waals surface area contributed by atoms with E-state index in [1.165, 1.54) is 24.8 Å². The Balaban J connectivity index is 1.36. The van der Waals surface area contributed by atoms with Gasteiger partial charge in [0.25, 0.3) is 0 Å². The van der Waals surface area contributed by atoms with Gasteiger partial charge in [0.05, 0.1) is 5.92 Å². The summed E-state index contributed by atoms with van der Waals surface area (Å²) in [6, 6.07) is 8.11. The van der Waals surface area contributed by atoms with Crippen molar-refractivity contribution in [2.75, 3.05) is 23.3 Å². The molecule has 5 rings (SSSR count). The number of amides is 1. The van der Waals surface area contributed by atoms with Crippen molar-refractivity contribution in [3.05, 3.63) is 42.0 Å². The topological polar surface area (TPSA) is 75.9 Å². The lowest BCUT2D eigenvalue weighted by Gasteiger charge is -2.32. The van der Waals surface area contributed by atoms with Gasteiger partial charge in [0.2, 0.25) is 5.91 Å². The summed E-state index contributed by atoms with van der Waals surface area (Å²) in [4.78, 5) is 29.4. The van der Waals surface area contributed by atoms with E-state index < -0.39 is 0 Å². The summed E-state index contributed by atoms with van der Waals surface area (Å²) in [5.74, 6) is 2.01. The Morgan fingerprint density at radius 3 is 3.00 bits per heavy atom. The smallest absolute Gasteiger partial charge is 0.229 e. The largest absolute Gasteiger partial charge is 0.354 e. The van der Waals surface area contributed by atoms with Gasteiger partial charge in [-0.2, -0.15) is 0 Å². The fourth-order valence-electron chi connectivity index (χ4n) is 4.85. The number of hydrogen-bond donors (Lipinski definition) is 1. The molecule has 0 spiro atoms. The number of carbonyl (C=O) groups excluding carboxylic acids is 1. The summed E-state index contributed by atoms with van der Waals surface area (Å²) >= 11 is 0. The highest BCUT2D eigenvalue weighted by Crippen LogP contribution is 2.29. The summed E-state index contributed by atoms with van der Waals surface area (Å²) in [7, 11) is 0. The van der Waals surface area contributed by atoms with E-state index >= 15 is 0 Å². The standard InChI is InChI=1S/C24H30N6O/c1-2-17-8-6-10-19(14-17)27-24(31)18-9-7-12-29(15-18)22-21-23(26-16-25-22)30-13-5-3-4-11-20(30)28-21/h6,8,10,14,16,18H,2-5,7,9,11-13,15H2,1H3,(H,27,31)/t18-/m0/s1. The average molecular weight is 419 g/mol. The van der Waals surface area contributed by atoms with Gasteiger partial charge in [-0.25, -0.2) is 15.0 Å². The van der Waals surface area contributed by atoms with Crippen LogP contribution in [0.2, 0.25) is 0 Å². The molecule has 31 heavy (non-hydrogen) atoms. The van der Waals surface area contributed by atoms with Gasteiger partial charge in [-0.1, -0.05) is 25.5 Å². The molecule has 1 atom stereocenters.